The summed E-state index contributed by atoms with van der Waals surface area (Å²) < 4.78 is 7.69. The molecule has 0 bridgehead atoms. The Kier molecular flexibility index (Phi) is 3.96. The van der Waals surface area contributed by atoms with Crippen molar-refractivity contribution in [2.45, 2.75) is 13.5 Å². The zero-order valence-electron chi connectivity index (χ0n) is 13.9. The largest absolute Gasteiger partial charge is 0.399 e. The van der Waals surface area contributed by atoms with E-state index in [4.69, 9.17) is 15.5 Å². The van der Waals surface area contributed by atoms with E-state index < -0.39 is 0 Å². The first-order chi connectivity index (χ1) is 11.7. The van der Waals surface area contributed by atoms with Crippen LogP contribution in [-0.4, -0.2) is 40.6 Å². The van der Waals surface area contributed by atoms with Crippen LogP contribution in [0.1, 0.15) is 11.3 Å². The lowest BCUT2D eigenvalue weighted by atomic mass is 10.1. The van der Waals surface area contributed by atoms with Crippen LogP contribution < -0.4 is 5.73 Å². The Hall–Kier alpha value is -2.37. The van der Waals surface area contributed by atoms with Gasteiger partial charge in [-0.15, -0.1) is 0 Å². The number of nitrogens with two attached hydrogens (primary N) is 1. The van der Waals surface area contributed by atoms with Gasteiger partial charge in [0.2, 0.25) is 0 Å². The Morgan fingerprint density at radius 3 is 2.79 bits per heavy atom. The first-order valence-electron chi connectivity index (χ1n) is 8.34. The number of rotatable bonds is 3. The standard InChI is InChI=1S/C19H22N4O/c1-14-5-6-18-21-19(15-3-2-4-16(20)11-15)17(23(18)12-14)13-22-7-9-24-10-8-22/h2-6,11-12H,7-10,13,20H2,1H3. The Bertz CT molecular complexity index is 865. The van der Waals surface area contributed by atoms with Crippen LogP contribution >= 0.6 is 0 Å². The summed E-state index contributed by atoms with van der Waals surface area (Å²) in [5.74, 6) is 0. The molecule has 1 aromatic carbocycles. The fourth-order valence-electron chi connectivity index (χ4n) is 3.24. The maximum Gasteiger partial charge on any atom is 0.137 e. The van der Waals surface area contributed by atoms with Gasteiger partial charge in [0.25, 0.3) is 0 Å². The van der Waals surface area contributed by atoms with E-state index in [1.165, 1.54) is 11.3 Å². The summed E-state index contributed by atoms with van der Waals surface area (Å²) in [7, 11) is 0. The van der Waals surface area contributed by atoms with Crippen LogP contribution in [0, 0.1) is 6.92 Å². The number of nitrogens with zero attached hydrogens (tertiary/aromatic N) is 3. The molecule has 0 unspecified atom stereocenters. The normalized spacial score (nSPS) is 15.9. The molecular formula is C19H22N4O. The summed E-state index contributed by atoms with van der Waals surface area (Å²) in [6.45, 7) is 6.47. The lowest BCUT2D eigenvalue weighted by Gasteiger charge is -2.26. The van der Waals surface area contributed by atoms with Gasteiger partial charge in [0.1, 0.15) is 5.65 Å². The Labute approximate surface area is 141 Å². The predicted octanol–water partition coefficient (Wildman–Crippen LogP) is 2.72. The minimum absolute atomic E-state index is 0.762. The van der Waals surface area contributed by atoms with Crippen molar-refractivity contribution in [1.82, 2.24) is 14.3 Å². The molecule has 1 aliphatic heterocycles. The highest BCUT2D eigenvalue weighted by Crippen LogP contribution is 2.27. The molecule has 3 aromatic rings. The maximum atomic E-state index is 5.99. The quantitative estimate of drug-likeness (QED) is 0.753. The molecule has 0 aliphatic carbocycles. The predicted molar refractivity (Wildman–Crippen MR) is 95.9 cm³/mol. The fraction of sp³-hybridized carbons (Fsp3) is 0.316. The first-order valence-corrected chi connectivity index (χ1v) is 8.34. The smallest absolute Gasteiger partial charge is 0.137 e. The van der Waals surface area contributed by atoms with E-state index in [1.54, 1.807) is 0 Å². The average Bonchev–Trinajstić information content (AvgIpc) is 2.94. The van der Waals surface area contributed by atoms with Crippen molar-refractivity contribution in [2.24, 2.45) is 0 Å². The number of anilines is 1. The Morgan fingerprint density at radius 1 is 1.17 bits per heavy atom. The van der Waals surface area contributed by atoms with Crippen molar-refractivity contribution in [3.8, 4) is 11.3 Å². The number of benzene rings is 1. The number of aromatic nitrogens is 2. The van der Waals surface area contributed by atoms with Gasteiger partial charge in [-0.05, 0) is 30.7 Å². The summed E-state index contributed by atoms with van der Waals surface area (Å²) in [4.78, 5) is 7.30. The van der Waals surface area contributed by atoms with Crippen LogP contribution in [-0.2, 0) is 11.3 Å². The van der Waals surface area contributed by atoms with Crippen LogP contribution in [0.25, 0.3) is 16.9 Å². The van der Waals surface area contributed by atoms with Gasteiger partial charge in [0.15, 0.2) is 0 Å². The summed E-state index contributed by atoms with van der Waals surface area (Å²) in [6, 6.07) is 12.1. The first kappa shape index (κ1) is 15.2. The molecule has 2 N–H and O–H groups in total. The molecule has 2 aromatic heterocycles. The van der Waals surface area contributed by atoms with Crippen molar-refractivity contribution in [3.05, 3.63) is 53.9 Å². The zero-order chi connectivity index (χ0) is 16.5. The van der Waals surface area contributed by atoms with E-state index in [9.17, 15) is 0 Å². The fourth-order valence-corrected chi connectivity index (χ4v) is 3.24. The molecule has 3 heterocycles. The Morgan fingerprint density at radius 2 is 2.00 bits per heavy atom. The van der Waals surface area contributed by atoms with E-state index in [1.807, 2.05) is 18.2 Å². The number of aryl methyl sites for hydroxylation is 1. The summed E-state index contributed by atoms with van der Waals surface area (Å²) >= 11 is 0. The highest BCUT2D eigenvalue weighted by molar-refractivity contribution is 5.69. The van der Waals surface area contributed by atoms with Crippen molar-refractivity contribution in [1.29, 1.82) is 0 Å². The summed E-state index contributed by atoms with van der Waals surface area (Å²) in [5, 5.41) is 0. The van der Waals surface area contributed by atoms with Gasteiger partial charge in [-0.3, -0.25) is 4.90 Å². The van der Waals surface area contributed by atoms with Gasteiger partial charge in [-0.2, -0.15) is 0 Å². The number of nitrogen functional groups attached to an aromatic ring is 1. The number of pyridine rings is 1. The van der Waals surface area contributed by atoms with E-state index >= 15 is 0 Å². The van der Waals surface area contributed by atoms with Gasteiger partial charge < -0.3 is 14.9 Å². The topological polar surface area (TPSA) is 55.8 Å². The number of fused-ring (bicyclic) bond motifs is 1. The molecule has 0 saturated carbocycles. The molecule has 5 nitrogen and oxygen atoms in total. The second-order valence-corrected chi connectivity index (χ2v) is 6.36. The zero-order valence-corrected chi connectivity index (χ0v) is 13.9. The molecule has 5 heteroatoms. The molecule has 4 rings (SSSR count). The SMILES string of the molecule is Cc1ccc2nc(-c3cccc(N)c3)c(CN3CCOCC3)n2c1. The molecule has 0 spiro atoms. The van der Waals surface area contributed by atoms with Crippen molar-refractivity contribution in [3.63, 3.8) is 0 Å². The minimum Gasteiger partial charge on any atom is -0.399 e. The van der Waals surface area contributed by atoms with Gasteiger partial charge in [0.05, 0.1) is 24.6 Å². The van der Waals surface area contributed by atoms with Crippen LogP contribution in [0.3, 0.4) is 0 Å². The monoisotopic (exact) mass is 322 g/mol. The second kappa shape index (κ2) is 6.26. The number of ether oxygens (including phenoxy) is 1. The number of hydrogen-bond donors (Lipinski definition) is 1. The molecule has 124 valence electrons. The van der Waals surface area contributed by atoms with E-state index in [0.29, 0.717) is 0 Å². The molecule has 24 heavy (non-hydrogen) atoms. The van der Waals surface area contributed by atoms with Crippen molar-refractivity contribution in [2.75, 3.05) is 32.0 Å². The lowest BCUT2D eigenvalue weighted by molar-refractivity contribution is 0.0336. The molecule has 0 atom stereocenters. The molecule has 1 fully saturated rings. The summed E-state index contributed by atoms with van der Waals surface area (Å²) in [6.07, 6.45) is 2.16. The van der Waals surface area contributed by atoms with Crippen LogP contribution in [0.5, 0.6) is 0 Å². The lowest BCUT2D eigenvalue weighted by Crippen LogP contribution is -2.36. The molecule has 0 amide bonds. The third kappa shape index (κ3) is 2.88. The van der Waals surface area contributed by atoms with Crippen molar-refractivity contribution >= 4 is 11.3 Å². The maximum absolute atomic E-state index is 5.99. The van der Waals surface area contributed by atoms with E-state index in [2.05, 4.69) is 40.6 Å². The third-order valence-electron chi connectivity index (χ3n) is 4.50. The molecule has 0 radical (unpaired) electrons. The number of morpholine rings is 1. The number of hydrogen-bond acceptors (Lipinski definition) is 4. The second-order valence-electron chi connectivity index (χ2n) is 6.36. The van der Waals surface area contributed by atoms with Gasteiger partial charge >= 0.3 is 0 Å². The molecule has 1 aliphatic rings. The third-order valence-corrected chi connectivity index (χ3v) is 4.50. The molecule has 1 saturated heterocycles. The highest BCUT2D eigenvalue weighted by Gasteiger charge is 2.19. The van der Waals surface area contributed by atoms with Gasteiger partial charge in [-0.25, -0.2) is 4.98 Å². The minimum atomic E-state index is 0.762. The van der Waals surface area contributed by atoms with E-state index in [-0.39, 0.29) is 0 Å². The Balaban J connectivity index is 1.83. The summed E-state index contributed by atoms with van der Waals surface area (Å²) in [5.41, 5.74) is 12.2. The van der Waals surface area contributed by atoms with Crippen LogP contribution in [0.2, 0.25) is 0 Å². The van der Waals surface area contributed by atoms with Crippen LogP contribution in [0.15, 0.2) is 42.6 Å². The van der Waals surface area contributed by atoms with Gasteiger partial charge in [-0.1, -0.05) is 18.2 Å². The highest BCUT2D eigenvalue weighted by atomic mass is 16.5. The average molecular weight is 322 g/mol. The number of imidazole rings is 1. The van der Waals surface area contributed by atoms with Crippen LogP contribution in [0.4, 0.5) is 5.69 Å². The van der Waals surface area contributed by atoms with Gasteiger partial charge in [0, 0.05) is 37.1 Å². The van der Waals surface area contributed by atoms with Crippen molar-refractivity contribution < 1.29 is 4.74 Å². The molecular weight excluding hydrogens is 300 g/mol. The van der Waals surface area contributed by atoms with E-state index in [0.717, 1.165) is 55.4 Å².